The molecule has 20 heteroatoms. The topological polar surface area (TPSA) is 169 Å². The van der Waals surface area contributed by atoms with Crippen molar-refractivity contribution in [2.24, 2.45) is 0 Å². The van der Waals surface area contributed by atoms with Gasteiger partial charge in [-0.2, -0.15) is 11.8 Å². The fourth-order valence-corrected chi connectivity index (χ4v) is 15.7. The normalized spacial score (nSPS) is 17.9. The molecule has 0 saturated carbocycles. The molecule has 4 amide bonds. The summed E-state index contributed by atoms with van der Waals surface area (Å²) in [6.45, 7) is 13.0. The van der Waals surface area contributed by atoms with Gasteiger partial charge >= 0.3 is 0 Å². The highest BCUT2D eigenvalue weighted by molar-refractivity contribution is 8.77. The highest BCUT2D eigenvalue weighted by Gasteiger charge is 2.39. The lowest BCUT2D eigenvalue weighted by molar-refractivity contribution is -0.138. The van der Waals surface area contributed by atoms with E-state index in [-0.39, 0.29) is 71.1 Å². The summed E-state index contributed by atoms with van der Waals surface area (Å²) in [5.41, 5.74) is 11.3. The SMILES string of the molecule is COCCOCCOCCN(CC(C)(C)SSCCCC(=O)CCCN1C(=O)CC(SC)C1=O)c1cc(COc2cc3c(cc2C)C(=O)N2Cc4ccccc4C[C@H]2CN3)cc(COc2cc3c(cc2OC)C(=O)N2Cc4ccccc4C[C@H]2CN3C)c1. The molecular formula is C68H84N6O11S3. The first-order valence-corrected chi connectivity index (χ1v) is 34.2. The van der Waals surface area contributed by atoms with E-state index in [2.05, 4.69) is 83.6 Å². The van der Waals surface area contributed by atoms with Crippen molar-refractivity contribution in [2.75, 3.05) is 114 Å². The number of methoxy groups -OCH3 is 2. The molecule has 470 valence electrons. The number of carbonyl (C=O) groups excluding carboxylic acids is 5. The van der Waals surface area contributed by atoms with Crippen LogP contribution >= 0.6 is 33.3 Å². The number of thioether (sulfide) groups is 1. The van der Waals surface area contributed by atoms with Crippen LogP contribution in [0.2, 0.25) is 0 Å². The van der Waals surface area contributed by atoms with Crippen LogP contribution in [0.3, 0.4) is 0 Å². The van der Waals surface area contributed by atoms with Crippen molar-refractivity contribution in [3.05, 3.63) is 141 Å². The largest absolute Gasteiger partial charge is 0.493 e. The molecule has 0 bridgehead atoms. The van der Waals surface area contributed by atoms with Crippen LogP contribution in [-0.4, -0.2) is 165 Å². The maximum absolute atomic E-state index is 14.5. The van der Waals surface area contributed by atoms with E-state index in [9.17, 15) is 24.0 Å². The molecule has 88 heavy (non-hydrogen) atoms. The number of rotatable bonds is 30. The van der Waals surface area contributed by atoms with Crippen molar-refractivity contribution in [3.8, 4) is 17.2 Å². The van der Waals surface area contributed by atoms with E-state index in [0.29, 0.717) is 126 Å². The Morgan fingerprint density at radius 3 is 2.03 bits per heavy atom. The first-order valence-electron chi connectivity index (χ1n) is 30.6. The smallest absolute Gasteiger partial charge is 0.256 e. The number of hydrogen-bond donors (Lipinski definition) is 1. The lowest BCUT2D eigenvalue weighted by atomic mass is 9.93. The van der Waals surface area contributed by atoms with Crippen LogP contribution in [0, 0.1) is 6.92 Å². The molecule has 3 atom stereocenters. The fraction of sp³-hybridized carbons (Fsp3) is 0.485. The number of hydrogen-bond acceptors (Lipinski definition) is 17. The van der Waals surface area contributed by atoms with Gasteiger partial charge in [-0.15, -0.1) is 0 Å². The number of amides is 4. The first-order chi connectivity index (χ1) is 42.6. The van der Waals surface area contributed by atoms with Gasteiger partial charge in [-0.3, -0.25) is 28.9 Å². The average molecular weight is 1260 g/mol. The molecule has 5 aromatic carbocycles. The molecule has 0 aliphatic carbocycles. The molecule has 0 aromatic heterocycles. The summed E-state index contributed by atoms with van der Waals surface area (Å²) in [5.74, 6) is 2.26. The van der Waals surface area contributed by atoms with Crippen molar-refractivity contribution in [1.29, 1.82) is 0 Å². The Balaban J connectivity index is 0.875. The molecule has 17 nitrogen and oxygen atoms in total. The molecule has 5 aromatic rings. The summed E-state index contributed by atoms with van der Waals surface area (Å²) in [4.78, 5) is 76.6. The number of ether oxygens (including phenoxy) is 6. The summed E-state index contributed by atoms with van der Waals surface area (Å²) in [6, 6.07) is 30.9. The second kappa shape index (κ2) is 29.9. The van der Waals surface area contributed by atoms with Gasteiger partial charge in [-0.25, -0.2) is 0 Å². The summed E-state index contributed by atoms with van der Waals surface area (Å²) >= 11 is 1.40. The Labute approximate surface area is 530 Å². The van der Waals surface area contributed by atoms with E-state index in [1.165, 1.54) is 38.9 Å². The highest BCUT2D eigenvalue weighted by atomic mass is 33.1. The van der Waals surface area contributed by atoms with Crippen LogP contribution in [0.15, 0.2) is 91.0 Å². The Hall–Kier alpha value is -6.42. The zero-order chi connectivity index (χ0) is 61.9. The van der Waals surface area contributed by atoms with Gasteiger partial charge in [0.1, 0.15) is 24.7 Å². The van der Waals surface area contributed by atoms with Crippen molar-refractivity contribution < 1.29 is 52.4 Å². The van der Waals surface area contributed by atoms with Gasteiger partial charge in [-0.05, 0) is 122 Å². The molecule has 0 radical (unpaired) electrons. The molecule has 5 heterocycles. The number of carbonyl (C=O) groups is 5. The number of likely N-dealkylation sites (N-methyl/N-ethyl adjacent to an activating group) is 1. The third kappa shape index (κ3) is 15.8. The molecule has 0 spiro atoms. The molecule has 5 aliphatic rings. The standard InChI is InChI=1S/C68H84N6O11S3/c1-45-28-56-58(69-38-53-32-48-14-8-10-16-50(48)39-73(53)65(56)77)35-60(45)84-42-46-29-47(43-85-62-36-59-57(34-61(62)81-6)66(78)74-40-51-17-11-9-15-49(51)33-54(74)41-70(59)4)31-52(30-46)71(21-22-82-25-26-83-24-23-80-5)44-68(2,3)88-87-27-13-19-55(75)18-12-20-72-64(76)37-63(86-7)67(72)79/h8-11,14-17,28-31,34-36,53-54,63,69H,12-13,18-27,32-33,37-44H2,1-7H3/t53-,54-,63?/m0/s1. The van der Waals surface area contributed by atoms with Crippen molar-refractivity contribution in [3.63, 3.8) is 0 Å². The van der Waals surface area contributed by atoms with Gasteiger partial charge in [0, 0.05) is 108 Å². The third-order valence-corrected chi connectivity index (χ3v) is 21.4. The van der Waals surface area contributed by atoms with Crippen molar-refractivity contribution in [1.82, 2.24) is 14.7 Å². The highest BCUT2D eigenvalue weighted by Crippen LogP contribution is 2.42. The first kappa shape index (κ1) is 64.6. The molecule has 1 N–H and O–H groups in total. The van der Waals surface area contributed by atoms with Crippen LogP contribution in [-0.2, 0) is 67.7 Å². The number of aryl methyl sites for hydroxylation is 1. The molecule has 10 rings (SSSR count). The van der Waals surface area contributed by atoms with E-state index in [1.54, 1.807) is 35.8 Å². The Bertz CT molecular complexity index is 3330. The molecule has 1 saturated heterocycles. The van der Waals surface area contributed by atoms with Crippen LogP contribution < -0.4 is 29.3 Å². The van der Waals surface area contributed by atoms with Gasteiger partial charge in [0.25, 0.3) is 11.8 Å². The van der Waals surface area contributed by atoms with Gasteiger partial charge in [0.2, 0.25) is 11.8 Å². The number of fused-ring (bicyclic) bond motifs is 6. The minimum Gasteiger partial charge on any atom is -0.493 e. The third-order valence-electron chi connectivity index (χ3n) is 17.1. The monoisotopic (exact) mass is 1260 g/mol. The Morgan fingerprint density at radius 1 is 0.716 bits per heavy atom. The maximum Gasteiger partial charge on any atom is 0.256 e. The number of likely N-dealkylation sites (tertiary alicyclic amines) is 1. The van der Waals surface area contributed by atoms with Crippen molar-refractivity contribution in [2.45, 2.75) is 114 Å². The summed E-state index contributed by atoms with van der Waals surface area (Å²) in [6.07, 6.45) is 5.62. The molecule has 1 unspecified atom stereocenters. The van der Waals surface area contributed by atoms with Gasteiger partial charge in [-0.1, -0.05) is 70.1 Å². The molecular weight excluding hydrogens is 1170 g/mol. The van der Waals surface area contributed by atoms with Gasteiger partial charge < -0.3 is 53.3 Å². The fourth-order valence-electron chi connectivity index (χ4n) is 12.4. The lowest BCUT2D eigenvalue weighted by Crippen LogP contribution is -2.47. The number of imide groups is 1. The van der Waals surface area contributed by atoms with E-state index in [0.717, 1.165) is 58.8 Å². The van der Waals surface area contributed by atoms with E-state index < -0.39 is 0 Å². The Morgan fingerprint density at radius 2 is 1.35 bits per heavy atom. The van der Waals surface area contributed by atoms with Crippen molar-refractivity contribution >= 4 is 79.8 Å². The van der Waals surface area contributed by atoms with Crippen LogP contribution in [0.1, 0.15) is 106 Å². The zero-order valence-electron chi connectivity index (χ0n) is 51.9. The van der Waals surface area contributed by atoms with Crippen LogP contribution in [0.5, 0.6) is 17.2 Å². The zero-order valence-corrected chi connectivity index (χ0v) is 54.3. The number of anilines is 3. The van der Waals surface area contributed by atoms with E-state index in [1.807, 2.05) is 66.4 Å². The quantitative estimate of drug-likeness (QED) is 0.0262. The minimum absolute atomic E-state index is 0.00650. The average Bonchev–Trinajstić information content (AvgIpc) is 1.90. The van der Waals surface area contributed by atoms with Gasteiger partial charge in [0.05, 0.1) is 80.0 Å². The summed E-state index contributed by atoms with van der Waals surface area (Å²) < 4.78 is 36.4. The molecule has 1 fully saturated rings. The number of benzene rings is 5. The van der Waals surface area contributed by atoms with E-state index in [4.69, 9.17) is 28.4 Å². The number of ketones is 1. The summed E-state index contributed by atoms with van der Waals surface area (Å²) in [5, 5.41) is 3.30. The van der Waals surface area contributed by atoms with Gasteiger partial charge in [0.15, 0.2) is 11.5 Å². The Kier molecular flexibility index (Phi) is 22.0. The maximum atomic E-state index is 14.5. The second-order valence-corrected chi connectivity index (χ2v) is 28.2. The predicted octanol–water partition coefficient (Wildman–Crippen LogP) is 10.4. The number of nitrogens with zero attached hydrogens (tertiary/aromatic N) is 5. The van der Waals surface area contributed by atoms with Crippen LogP contribution in [0.4, 0.5) is 17.1 Å². The predicted molar refractivity (Wildman–Crippen MR) is 351 cm³/mol. The number of nitrogens with one attached hydrogen (secondary N) is 1. The summed E-state index contributed by atoms with van der Waals surface area (Å²) in [7, 11) is 8.83. The number of Topliss-reactive ketones (excluding diaryl/α,β-unsaturated/α-hetero) is 1. The molecule has 5 aliphatic heterocycles. The second-order valence-electron chi connectivity index (χ2n) is 24.0. The van der Waals surface area contributed by atoms with Crippen LogP contribution in [0.25, 0.3) is 0 Å². The van der Waals surface area contributed by atoms with E-state index >= 15 is 0 Å². The lowest BCUT2D eigenvalue weighted by Gasteiger charge is -2.36. The minimum atomic E-state index is -0.318.